The largest absolute Gasteiger partial charge is 0.399 e. The lowest BCUT2D eigenvalue weighted by Gasteiger charge is -2.23. The molecule has 1 heterocycles. The Labute approximate surface area is 70.7 Å². The second kappa shape index (κ2) is 2.70. The van der Waals surface area contributed by atoms with Crippen molar-refractivity contribution in [3.63, 3.8) is 0 Å². The van der Waals surface area contributed by atoms with Crippen molar-refractivity contribution in [2.45, 2.75) is 12.6 Å². The van der Waals surface area contributed by atoms with Crippen LogP contribution in [-0.4, -0.2) is 30.8 Å². The van der Waals surface area contributed by atoms with E-state index in [2.05, 4.69) is 9.61 Å². The fraction of sp³-hybridized carbons (Fsp3) is 0.600. The number of hydrogen-bond acceptors (Lipinski definition) is 5. The van der Waals surface area contributed by atoms with Gasteiger partial charge < -0.3 is 5.01 Å². The summed E-state index contributed by atoms with van der Waals surface area (Å²) in [6.07, 6.45) is 3.06. The van der Waals surface area contributed by atoms with Crippen LogP contribution in [0.4, 0.5) is 0 Å². The first kappa shape index (κ1) is 9.46. The molecule has 1 unspecified atom stereocenters. The maximum atomic E-state index is 10.3. The molecule has 0 radical (unpaired) electrons. The molecule has 0 bridgehead atoms. The van der Waals surface area contributed by atoms with Crippen LogP contribution in [-0.2, 0) is 14.6 Å². The van der Waals surface area contributed by atoms with E-state index >= 15 is 0 Å². The highest BCUT2D eigenvalue weighted by molar-refractivity contribution is 7.80. The van der Waals surface area contributed by atoms with E-state index in [1.165, 1.54) is 18.0 Å². The third kappa shape index (κ3) is 2.45. The number of rotatable bonds is 2. The summed E-state index contributed by atoms with van der Waals surface area (Å²) in [6.45, 7) is 1.47. The minimum Gasteiger partial charge on any atom is -0.316 e. The van der Waals surface area contributed by atoms with Gasteiger partial charge in [-0.25, -0.2) is 4.18 Å². The Bertz CT molecular complexity index is 299. The van der Waals surface area contributed by atoms with Crippen LogP contribution in [0.15, 0.2) is 12.3 Å². The summed E-state index contributed by atoms with van der Waals surface area (Å²) in [5, 5.41) is 1.52. The second-order valence-electron chi connectivity index (χ2n) is 2.66. The Balaban J connectivity index is 2.71. The first-order chi connectivity index (χ1) is 5.31. The maximum Gasteiger partial charge on any atom is 0.399 e. The summed E-state index contributed by atoms with van der Waals surface area (Å²) < 4.78 is 33.4. The van der Waals surface area contributed by atoms with Crippen molar-refractivity contribution in [1.82, 2.24) is 10.4 Å². The zero-order valence-electron chi connectivity index (χ0n) is 6.68. The van der Waals surface area contributed by atoms with Crippen molar-refractivity contribution in [3.8, 4) is 0 Å². The SMILES string of the molecule is CN1C=CC(C)(OS(=O)(=O)O)N1. The topological polar surface area (TPSA) is 78.9 Å². The predicted octanol–water partition coefficient (Wildman–Crippen LogP) is -0.514. The van der Waals surface area contributed by atoms with Gasteiger partial charge in [-0.1, -0.05) is 0 Å². The van der Waals surface area contributed by atoms with E-state index in [4.69, 9.17) is 4.55 Å². The van der Waals surface area contributed by atoms with Crippen LogP contribution in [0.2, 0.25) is 0 Å². The van der Waals surface area contributed by atoms with Gasteiger partial charge in [-0.3, -0.25) is 4.55 Å². The van der Waals surface area contributed by atoms with Gasteiger partial charge in [0.25, 0.3) is 0 Å². The number of hydrogen-bond donors (Lipinski definition) is 2. The lowest BCUT2D eigenvalue weighted by molar-refractivity contribution is 0.0572. The Morgan fingerprint density at radius 2 is 2.25 bits per heavy atom. The standard InChI is InChI=1S/C5H10N2O4S/c1-5(11-12(8,9)10)3-4-7(2)6-5/h3-4,6H,1-2H3,(H,8,9,10). The van der Waals surface area contributed by atoms with Crippen molar-refractivity contribution in [3.05, 3.63) is 12.3 Å². The molecule has 0 amide bonds. The second-order valence-corrected chi connectivity index (χ2v) is 3.68. The molecule has 0 aliphatic carbocycles. The average Bonchev–Trinajstić information content (AvgIpc) is 2.05. The summed E-state index contributed by atoms with van der Waals surface area (Å²) in [5.41, 5.74) is 1.46. The Kier molecular flexibility index (Phi) is 2.13. The Hall–Kier alpha value is -0.630. The highest BCUT2D eigenvalue weighted by Gasteiger charge is 2.32. The zero-order valence-corrected chi connectivity index (χ0v) is 7.50. The smallest absolute Gasteiger partial charge is 0.316 e. The van der Waals surface area contributed by atoms with Crippen LogP contribution in [0, 0.1) is 0 Å². The van der Waals surface area contributed by atoms with E-state index in [0.717, 1.165) is 0 Å². The van der Waals surface area contributed by atoms with Crippen LogP contribution in [0.25, 0.3) is 0 Å². The molecule has 0 aromatic rings. The molecule has 0 saturated heterocycles. The Morgan fingerprint density at radius 1 is 1.67 bits per heavy atom. The van der Waals surface area contributed by atoms with Gasteiger partial charge in [0.2, 0.25) is 0 Å². The highest BCUT2D eigenvalue weighted by Crippen LogP contribution is 2.16. The maximum absolute atomic E-state index is 10.3. The fourth-order valence-corrected chi connectivity index (χ4v) is 1.47. The summed E-state index contributed by atoms with van der Waals surface area (Å²) >= 11 is 0. The molecule has 6 nitrogen and oxygen atoms in total. The molecule has 0 fully saturated rings. The van der Waals surface area contributed by atoms with Crippen LogP contribution < -0.4 is 5.43 Å². The number of hydrazine groups is 1. The van der Waals surface area contributed by atoms with Gasteiger partial charge in [-0.05, 0) is 13.0 Å². The van der Waals surface area contributed by atoms with Crippen molar-refractivity contribution >= 4 is 10.4 Å². The molecule has 2 N–H and O–H groups in total. The molecule has 0 aromatic heterocycles. The molecular formula is C5H10N2O4S. The van der Waals surface area contributed by atoms with Gasteiger partial charge in [0.05, 0.1) is 0 Å². The van der Waals surface area contributed by atoms with E-state index in [9.17, 15) is 8.42 Å². The van der Waals surface area contributed by atoms with E-state index in [1.807, 2.05) is 0 Å². The molecule has 1 rings (SSSR count). The van der Waals surface area contributed by atoms with E-state index in [1.54, 1.807) is 13.2 Å². The summed E-state index contributed by atoms with van der Waals surface area (Å²) in [7, 11) is -2.75. The van der Waals surface area contributed by atoms with Crippen molar-refractivity contribution in [1.29, 1.82) is 0 Å². The van der Waals surface area contributed by atoms with E-state index in [-0.39, 0.29) is 0 Å². The Morgan fingerprint density at radius 3 is 2.58 bits per heavy atom. The lowest BCUT2D eigenvalue weighted by Crippen LogP contribution is -2.45. The van der Waals surface area contributed by atoms with Crippen LogP contribution >= 0.6 is 0 Å². The van der Waals surface area contributed by atoms with Crippen LogP contribution in [0.3, 0.4) is 0 Å². The molecule has 1 atom stereocenters. The average molecular weight is 194 g/mol. The molecule has 0 saturated carbocycles. The summed E-state index contributed by atoms with van der Waals surface area (Å²) in [5.74, 6) is 0. The number of nitrogens with zero attached hydrogens (tertiary/aromatic N) is 1. The fourth-order valence-electron chi connectivity index (χ4n) is 0.944. The lowest BCUT2D eigenvalue weighted by atomic mass is 10.3. The molecule has 1 aliphatic heterocycles. The highest BCUT2D eigenvalue weighted by atomic mass is 32.3. The minimum absolute atomic E-state index is 1.19. The number of nitrogens with one attached hydrogen (secondary N) is 1. The predicted molar refractivity (Wildman–Crippen MR) is 41.1 cm³/mol. The molecule has 7 heteroatoms. The molecule has 12 heavy (non-hydrogen) atoms. The molecule has 1 aliphatic rings. The summed E-state index contributed by atoms with van der Waals surface area (Å²) in [6, 6.07) is 0. The molecule has 70 valence electrons. The van der Waals surface area contributed by atoms with E-state index < -0.39 is 16.1 Å². The normalized spacial score (nSPS) is 29.8. The van der Waals surface area contributed by atoms with Gasteiger partial charge in [-0.2, -0.15) is 13.8 Å². The van der Waals surface area contributed by atoms with Gasteiger partial charge in [0.1, 0.15) is 0 Å². The van der Waals surface area contributed by atoms with E-state index in [0.29, 0.717) is 0 Å². The van der Waals surface area contributed by atoms with Gasteiger partial charge in [-0.15, -0.1) is 0 Å². The first-order valence-electron chi connectivity index (χ1n) is 3.19. The third-order valence-electron chi connectivity index (χ3n) is 1.29. The molecule has 0 aromatic carbocycles. The van der Waals surface area contributed by atoms with Crippen LogP contribution in [0.1, 0.15) is 6.92 Å². The van der Waals surface area contributed by atoms with Gasteiger partial charge in [0.15, 0.2) is 5.72 Å². The minimum atomic E-state index is -4.43. The monoisotopic (exact) mass is 194 g/mol. The quantitative estimate of drug-likeness (QED) is 0.576. The molecule has 0 spiro atoms. The zero-order chi connectivity index (χ0) is 9.41. The van der Waals surface area contributed by atoms with Crippen molar-refractivity contribution < 1.29 is 17.2 Å². The molecular weight excluding hydrogens is 184 g/mol. The third-order valence-corrected chi connectivity index (χ3v) is 1.85. The first-order valence-corrected chi connectivity index (χ1v) is 4.55. The van der Waals surface area contributed by atoms with Gasteiger partial charge in [0, 0.05) is 13.2 Å². The van der Waals surface area contributed by atoms with Crippen molar-refractivity contribution in [2.24, 2.45) is 0 Å². The van der Waals surface area contributed by atoms with Gasteiger partial charge >= 0.3 is 10.4 Å². The van der Waals surface area contributed by atoms with Crippen molar-refractivity contribution in [2.75, 3.05) is 7.05 Å². The van der Waals surface area contributed by atoms with Crippen LogP contribution in [0.5, 0.6) is 0 Å². The summed E-state index contributed by atoms with van der Waals surface area (Å²) in [4.78, 5) is 0.